The van der Waals surface area contributed by atoms with Crippen molar-refractivity contribution in [2.45, 2.75) is 13.0 Å². The molecule has 0 unspecified atom stereocenters. The van der Waals surface area contributed by atoms with Gasteiger partial charge in [-0.15, -0.1) is 0 Å². The van der Waals surface area contributed by atoms with Gasteiger partial charge in [0.15, 0.2) is 0 Å². The van der Waals surface area contributed by atoms with Crippen LogP contribution < -0.4 is 4.74 Å². The third-order valence-corrected chi connectivity index (χ3v) is 2.77. The van der Waals surface area contributed by atoms with Crippen LogP contribution in [0.2, 0.25) is 0 Å². The number of hydrogen-bond acceptors (Lipinski definition) is 3. The van der Waals surface area contributed by atoms with Gasteiger partial charge in [0.2, 0.25) is 0 Å². The predicted octanol–water partition coefficient (Wildman–Crippen LogP) is 2.99. The van der Waals surface area contributed by atoms with Gasteiger partial charge >= 0.3 is 0 Å². The van der Waals surface area contributed by atoms with E-state index in [1.807, 2.05) is 23.0 Å². The van der Waals surface area contributed by atoms with Crippen molar-refractivity contribution in [3.8, 4) is 11.8 Å². The van der Waals surface area contributed by atoms with Crippen LogP contribution >= 0.6 is 15.9 Å². The summed E-state index contributed by atoms with van der Waals surface area (Å²) < 4.78 is 8.41. The Morgan fingerprint density at radius 2 is 2.33 bits per heavy atom. The number of ether oxygens (including phenoxy) is 1. The van der Waals surface area contributed by atoms with E-state index in [1.165, 1.54) is 0 Å². The monoisotopic (exact) mass is 305 g/mol. The van der Waals surface area contributed by atoms with E-state index in [0.717, 1.165) is 23.2 Å². The molecule has 2 rings (SSSR count). The molecule has 5 heteroatoms. The first-order chi connectivity index (χ1) is 8.78. The fourth-order valence-electron chi connectivity index (χ4n) is 1.53. The quantitative estimate of drug-likeness (QED) is 0.798. The van der Waals surface area contributed by atoms with Crippen molar-refractivity contribution >= 4 is 15.9 Å². The van der Waals surface area contributed by atoms with Crippen LogP contribution in [-0.2, 0) is 6.54 Å². The molecule has 0 aliphatic heterocycles. The van der Waals surface area contributed by atoms with Crippen LogP contribution in [0.25, 0.3) is 0 Å². The van der Waals surface area contributed by atoms with Crippen LogP contribution in [0, 0.1) is 11.3 Å². The minimum Gasteiger partial charge on any atom is -0.493 e. The molecule has 0 radical (unpaired) electrons. The normalized spacial score (nSPS) is 10.0. The molecule has 1 aromatic carbocycles. The summed E-state index contributed by atoms with van der Waals surface area (Å²) >= 11 is 3.35. The molecule has 0 saturated carbocycles. The lowest BCUT2D eigenvalue weighted by Crippen LogP contribution is -2.04. The molecular weight excluding hydrogens is 294 g/mol. The summed E-state index contributed by atoms with van der Waals surface area (Å²) in [6.45, 7) is 1.41. The Morgan fingerprint density at radius 1 is 1.44 bits per heavy atom. The number of hydrogen-bond donors (Lipinski definition) is 0. The van der Waals surface area contributed by atoms with Crippen LogP contribution in [0.3, 0.4) is 0 Å². The zero-order valence-electron chi connectivity index (χ0n) is 9.71. The number of nitriles is 1. The largest absolute Gasteiger partial charge is 0.493 e. The summed E-state index contributed by atoms with van der Waals surface area (Å²) in [7, 11) is 0. The maximum Gasteiger partial charge on any atom is 0.120 e. The second kappa shape index (κ2) is 6.22. The van der Waals surface area contributed by atoms with Crippen molar-refractivity contribution in [2.75, 3.05) is 6.61 Å². The first kappa shape index (κ1) is 12.7. The molecule has 0 saturated heterocycles. The Balaban J connectivity index is 1.77. The second-order valence-corrected chi connectivity index (χ2v) is 4.68. The lowest BCUT2D eigenvalue weighted by molar-refractivity contribution is 0.298. The van der Waals surface area contributed by atoms with Crippen LogP contribution in [-0.4, -0.2) is 16.4 Å². The third-order valence-electron chi connectivity index (χ3n) is 2.37. The minimum atomic E-state index is 0.604. The van der Waals surface area contributed by atoms with Gasteiger partial charge in [0.25, 0.3) is 0 Å². The van der Waals surface area contributed by atoms with Crippen molar-refractivity contribution in [3.63, 3.8) is 0 Å². The molecule has 0 aliphatic carbocycles. The highest BCUT2D eigenvalue weighted by molar-refractivity contribution is 9.10. The van der Waals surface area contributed by atoms with Gasteiger partial charge in [-0.05, 0) is 34.1 Å². The molecular formula is C13H12BrN3O. The van der Waals surface area contributed by atoms with E-state index >= 15 is 0 Å². The van der Waals surface area contributed by atoms with Gasteiger partial charge in [-0.2, -0.15) is 10.4 Å². The molecule has 4 nitrogen and oxygen atoms in total. The molecule has 1 heterocycles. The molecule has 0 atom stereocenters. The van der Waals surface area contributed by atoms with Crippen LogP contribution in [0.4, 0.5) is 0 Å². The van der Waals surface area contributed by atoms with Gasteiger partial charge < -0.3 is 4.74 Å². The Kier molecular flexibility index (Phi) is 4.37. The highest BCUT2D eigenvalue weighted by Gasteiger charge is 1.98. The summed E-state index contributed by atoms with van der Waals surface area (Å²) in [6, 6.07) is 9.26. The Morgan fingerprint density at radius 3 is 3.06 bits per heavy atom. The zero-order chi connectivity index (χ0) is 12.8. The highest BCUT2D eigenvalue weighted by atomic mass is 79.9. The molecule has 0 spiro atoms. The number of aromatic nitrogens is 2. The van der Waals surface area contributed by atoms with Crippen LogP contribution in [0.15, 0.2) is 41.1 Å². The number of aryl methyl sites for hydroxylation is 1. The fraction of sp³-hybridized carbons (Fsp3) is 0.231. The Bertz CT molecular complexity index is 559. The molecule has 0 aliphatic rings. The first-order valence-electron chi connectivity index (χ1n) is 5.59. The van der Waals surface area contributed by atoms with E-state index in [1.54, 1.807) is 18.3 Å². The molecule has 0 fully saturated rings. The smallest absolute Gasteiger partial charge is 0.120 e. The van der Waals surface area contributed by atoms with Gasteiger partial charge in [0.05, 0.1) is 28.9 Å². The van der Waals surface area contributed by atoms with E-state index < -0.39 is 0 Å². The van der Waals surface area contributed by atoms with Crippen LogP contribution in [0.5, 0.6) is 5.75 Å². The summed E-state index contributed by atoms with van der Waals surface area (Å²) in [6.07, 6.45) is 4.55. The standard InChI is InChI=1S/C13H12BrN3O/c14-12-9-16-17(10-12)5-2-6-18-13-4-1-3-11(7-13)8-15/h1,3-4,7,9-10H,2,5-6H2. The van der Waals surface area contributed by atoms with E-state index in [-0.39, 0.29) is 0 Å². The molecule has 0 amide bonds. The van der Waals surface area contributed by atoms with E-state index in [4.69, 9.17) is 10.00 Å². The maximum atomic E-state index is 8.76. The third kappa shape index (κ3) is 3.60. The van der Waals surface area contributed by atoms with Gasteiger partial charge in [0.1, 0.15) is 5.75 Å². The van der Waals surface area contributed by atoms with Gasteiger partial charge in [0, 0.05) is 19.2 Å². The number of rotatable bonds is 5. The average molecular weight is 306 g/mol. The number of nitrogens with zero attached hydrogens (tertiary/aromatic N) is 3. The van der Waals surface area contributed by atoms with E-state index in [0.29, 0.717) is 12.2 Å². The van der Waals surface area contributed by atoms with Crippen molar-refractivity contribution < 1.29 is 4.74 Å². The highest BCUT2D eigenvalue weighted by Crippen LogP contribution is 2.13. The summed E-state index contributed by atoms with van der Waals surface area (Å²) in [5.41, 5.74) is 0.614. The molecule has 0 bridgehead atoms. The molecule has 18 heavy (non-hydrogen) atoms. The predicted molar refractivity (Wildman–Crippen MR) is 71.2 cm³/mol. The second-order valence-electron chi connectivity index (χ2n) is 3.76. The molecule has 1 aromatic heterocycles. The Labute approximate surface area is 114 Å². The van der Waals surface area contributed by atoms with E-state index in [2.05, 4.69) is 27.1 Å². The minimum absolute atomic E-state index is 0.604. The SMILES string of the molecule is N#Cc1cccc(OCCCn2cc(Br)cn2)c1. The van der Waals surface area contributed by atoms with Gasteiger partial charge in [-0.1, -0.05) is 6.07 Å². The molecule has 0 N–H and O–H groups in total. The van der Waals surface area contributed by atoms with Crippen molar-refractivity contribution in [2.24, 2.45) is 0 Å². The lowest BCUT2D eigenvalue weighted by atomic mass is 10.2. The lowest BCUT2D eigenvalue weighted by Gasteiger charge is -2.06. The van der Waals surface area contributed by atoms with Gasteiger partial charge in [-0.25, -0.2) is 0 Å². The summed E-state index contributed by atoms with van der Waals surface area (Å²) in [4.78, 5) is 0. The van der Waals surface area contributed by atoms with Gasteiger partial charge in [-0.3, -0.25) is 4.68 Å². The topological polar surface area (TPSA) is 50.8 Å². The average Bonchev–Trinajstić information content (AvgIpc) is 2.81. The summed E-state index contributed by atoms with van der Waals surface area (Å²) in [5.74, 6) is 0.732. The fourth-order valence-corrected chi connectivity index (χ4v) is 1.86. The Hall–Kier alpha value is -1.80. The number of benzene rings is 1. The first-order valence-corrected chi connectivity index (χ1v) is 6.38. The van der Waals surface area contributed by atoms with Crippen LogP contribution in [0.1, 0.15) is 12.0 Å². The van der Waals surface area contributed by atoms with E-state index in [9.17, 15) is 0 Å². The maximum absolute atomic E-state index is 8.76. The van der Waals surface area contributed by atoms with Crippen molar-refractivity contribution in [1.82, 2.24) is 9.78 Å². The van der Waals surface area contributed by atoms with Crippen molar-refractivity contribution in [3.05, 3.63) is 46.7 Å². The zero-order valence-corrected chi connectivity index (χ0v) is 11.3. The molecule has 92 valence electrons. The summed E-state index contributed by atoms with van der Waals surface area (Å²) in [5, 5.41) is 12.9. The van der Waals surface area contributed by atoms with Crippen molar-refractivity contribution in [1.29, 1.82) is 5.26 Å². The molecule has 2 aromatic rings. The number of halogens is 1.